The minimum Gasteiger partial charge on any atom is -0.385 e. The van der Waals surface area contributed by atoms with Crippen LogP contribution in [0.4, 0.5) is 5.69 Å². The van der Waals surface area contributed by atoms with E-state index in [-0.39, 0.29) is 5.91 Å². The standard InChI is InChI=1S/C19H26N2O/c22-19(16-8-3-10-17-15(16)9-4-12-20-17)21-13-5-7-14-6-1-2-11-18(14)21/h3,8,10,14,18,20H,1-2,4-7,9,11-13H2. The fourth-order valence-electron chi connectivity index (χ4n) is 4.74. The van der Waals surface area contributed by atoms with E-state index in [1.54, 1.807) is 0 Å². The van der Waals surface area contributed by atoms with Gasteiger partial charge in [-0.3, -0.25) is 4.79 Å². The normalized spacial score (nSPS) is 27.5. The van der Waals surface area contributed by atoms with Gasteiger partial charge >= 0.3 is 0 Å². The maximum Gasteiger partial charge on any atom is 0.254 e. The summed E-state index contributed by atoms with van der Waals surface area (Å²) >= 11 is 0. The monoisotopic (exact) mass is 298 g/mol. The molecule has 1 saturated heterocycles. The number of carbonyl (C=O) groups excluding carboxylic acids is 1. The molecule has 2 fully saturated rings. The van der Waals surface area contributed by atoms with Crippen LogP contribution in [0.15, 0.2) is 18.2 Å². The first-order chi connectivity index (χ1) is 10.8. The molecule has 0 bridgehead atoms. The molecule has 1 saturated carbocycles. The van der Waals surface area contributed by atoms with Crippen molar-refractivity contribution in [1.82, 2.24) is 4.90 Å². The molecule has 1 aromatic carbocycles. The number of nitrogens with zero attached hydrogens (tertiary/aromatic N) is 1. The van der Waals surface area contributed by atoms with Crippen LogP contribution in [0.3, 0.4) is 0 Å². The van der Waals surface area contributed by atoms with Crippen molar-refractivity contribution < 1.29 is 4.79 Å². The second kappa shape index (κ2) is 5.94. The molecule has 118 valence electrons. The molecule has 3 aliphatic rings. The molecule has 4 rings (SSSR count). The molecule has 1 aromatic rings. The van der Waals surface area contributed by atoms with Crippen LogP contribution in [0.1, 0.15) is 60.9 Å². The molecule has 3 heteroatoms. The summed E-state index contributed by atoms with van der Waals surface area (Å²) in [4.78, 5) is 15.4. The average molecular weight is 298 g/mol. The Morgan fingerprint density at radius 1 is 1.09 bits per heavy atom. The Kier molecular flexibility index (Phi) is 3.81. The van der Waals surface area contributed by atoms with E-state index >= 15 is 0 Å². The number of benzene rings is 1. The van der Waals surface area contributed by atoms with Gasteiger partial charge < -0.3 is 10.2 Å². The molecule has 0 aromatic heterocycles. The van der Waals surface area contributed by atoms with Crippen molar-refractivity contribution in [3.8, 4) is 0 Å². The topological polar surface area (TPSA) is 32.3 Å². The second-order valence-electron chi connectivity index (χ2n) is 7.11. The Labute approximate surface area is 133 Å². The molecule has 2 heterocycles. The van der Waals surface area contributed by atoms with Gasteiger partial charge in [-0.05, 0) is 62.1 Å². The number of likely N-dealkylation sites (tertiary alicyclic amines) is 1. The van der Waals surface area contributed by atoms with Gasteiger partial charge in [0.15, 0.2) is 0 Å². The lowest BCUT2D eigenvalue weighted by atomic mass is 9.78. The van der Waals surface area contributed by atoms with Crippen LogP contribution in [-0.4, -0.2) is 29.9 Å². The lowest BCUT2D eigenvalue weighted by molar-refractivity contribution is 0.0389. The molecule has 1 aliphatic carbocycles. The predicted octanol–water partition coefficient (Wildman–Crippen LogP) is 3.84. The Morgan fingerprint density at radius 3 is 2.91 bits per heavy atom. The zero-order valence-electron chi connectivity index (χ0n) is 13.3. The smallest absolute Gasteiger partial charge is 0.254 e. The van der Waals surface area contributed by atoms with Crippen molar-refractivity contribution in [2.45, 2.75) is 57.4 Å². The van der Waals surface area contributed by atoms with E-state index in [1.165, 1.54) is 49.8 Å². The molecule has 22 heavy (non-hydrogen) atoms. The van der Waals surface area contributed by atoms with Gasteiger partial charge in [-0.15, -0.1) is 0 Å². The molecule has 1 amide bonds. The lowest BCUT2D eigenvalue weighted by Gasteiger charge is -2.44. The number of rotatable bonds is 1. The van der Waals surface area contributed by atoms with Crippen LogP contribution < -0.4 is 5.32 Å². The molecule has 2 aliphatic heterocycles. The minimum absolute atomic E-state index is 0.289. The maximum atomic E-state index is 13.2. The molecule has 0 spiro atoms. The highest BCUT2D eigenvalue weighted by molar-refractivity contribution is 5.97. The van der Waals surface area contributed by atoms with Gasteiger partial charge in [-0.2, -0.15) is 0 Å². The molecule has 2 atom stereocenters. The maximum absolute atomic E-state index is 13.2. The summed E-state index contributed by atoms with van der Waals surface area (Å²) in [5.41, 5.74) is 3.38. The van der Waals surface area contributed by atoms with Crippen LogP contribution in [-0.2, 0) is 6.42 Å². The summed E-state index contributed by atoms with van der Waals surface area (Å²) in [5, 5.41) is 3.45. The predicted molar refractivity (Wildman–Crippen MR) is 89.3 cm³/mol. The lowest BCUT2D eigenvalue weighted by Crippen LogP contribution is -2.49. The summed E-state index contributed by atoms with van der Waals surface area (Å²) in [6.45, 7) is 1.98. The highest BCUT2D eigenvalue weighted by atomic mass is 16.2. The molecular weight excluding hydrogens is 272 g/mol. The van der Waals surface area contributed by atoms with Gasteiger partial charge in [-0.1, -0.05) is 18.9 Å². The van der Waals surface area contributed by atoms with E-state index < -0.39 is 0 Å². The van der Waals surface area contributed by atoms with Crippen LogP contribution in [0, 0.1) is 5.92 Å². The number of carbonyl (C=O) groups is 1. The number of fused-ring (bicyclic) bond motifs is 2. The molecular formula is C19H26N2O. The summed E-state index contributed by atoms with van der Waals surface area (Å²) in [7, 11) is 0. The van der Waals surface area contributed by atoms with Crippen molar-refractivity contribution in [1.29, 1.82) is 0 Å². The fourth-order valence-corrected chi connectivity index (χ4v) is 4.74. The summed E-state index contributed by atoms with van der Waals surface area (Å²) in [6, 6.07) is 6.69. The third-order valence-electron chi connectivity index (χ3n) is 5.83. The number of anilines is 1. The van der Waals surface area contributed by atoms with Crippen LogP contribution in [0.5, 0.6) is 0 Å². The highest BCUT2D eigenvalue weighted by Crippen LogP contribution is 2.37. The fraction of sp³-hybridized carbons (Fsp3) is 0.632. The van der Waals surface area contributed by atoms with Crippen LogP contribution in [0.25, 0.3) is 0 Å². The molecule has 1 N–H and O–H groups in total. The van der Waals surface area contributed by atoms with E-state index in [2.05, 4.69) is 16.3 Å². The number of hydrogen-bond donors (Lipinski definition) is 1. The van der Waals surface area contributed by atoms with Gasteiger partial charge in [0.1, 0.15) is 0 Å². The van der Waals surface area contributed by atoms with E-state index in [0.717, 1.165) is 37.4 Å². The zero-order chi connectivity index (χ0) is 14.9. The van der Waals surface area contributed by atoms with Crippen LogP contribution in [0.2, 0.25) is 0 Å². The first kappa shape index (κ1) is 14.1. The first-order valence-corrected chi connectivity index (χ1v) is 9.01. The van der Waals surface area contributed by atoms with Crippen molar-refractivity contribution in [2.75, 3.05) is 18.4 Å². The number of piperidine rings is 1. The minimum atomic E-state index is 0.289. The zero-order valence-corrected chi connectivity index (χ0v) is 13.3. The Hall–Kier alpha value is -1.51. The van der Waals surface area contributed by atoms with Gasteiger partial charge in [0.25, 0.3) is 5.91 Å². The molecule has 3 nitrogen and oxygen atoms in total. The average Bonchev–Trinajstić information content (AvgIpc) is 2.60. The number of nitrogens with one attached hydrogen (secondary N) is 1. The van der Waals surface area contributed by atoms with Gasteiger partial charge in [0, 0.05) is 30.4 Å². The quantitative estimate of drug-likeness (QED) is 0.854. The SMILES string of the molecule is O=C(c1cccc2c1CCCN2)N1CCCC2CCCCC21. The number of hydrogen-bond acceptors (Lipinski definition) is 2. The summed E-state index contributed by atoms with van der Waals surface area (Å²) < 4.78 is 0. The Morgan fingerprint density at radius 2 is 1.95 bits per heavy atom. The van der Waals surface area contributed by atoms with E-state index in [4.69, 9.17) is 0 Å². The van der Waals surface area contributed by atoms with Crippen molar-refractivity contribution in [3.05, 3.63) is 29.3 Å². The Bertz CT molecular complexity index is 567. The van der Waals surface area contributed by atoms with Crippen molar-refractivity contribution in [2.24, 2.45) is 5.92 Å². The molecule has 0 radical (unpaired) electrons. The van der Waals surface area contributed by atoms with E-state index in [0.29, 0.717) is 6.04 Å². The summed E-state index contributed by atoms with van der Waals surface area (Å²) in [5.74, 6) is 1.04. The largest absolute Gasteiger partial charge is 0.385 e. The second-order valence-corrected chi connectivity index (χ2v) is 7.11. The van der Waals surface area contributed by atoms with Crippen molar-refractivity contribution in [3.63, 3.8) is 0 Å². The third-order valence-corrected chi connectivity index (χ3v) is 5.83. The third kappa shape index (κ3) is 2.41. The number of amides is 1. The first-order valence-electron chi connectivity index (χ1n) is 9.01. The molecule has 2 unspecified atom stereocenters. The van der Waals surface area contributed by atoms with Crippen molar-refractivity contribution >= 4 is 11.6 Å². The van der Waals surface area contributed by atoms with Gasteiger partial charge in [0.2, 0.25) is 0 Å². The van der Waals surface area contributed by atoms with Gasteiger partial charge in [-0.25, -0.2) is 0 Å². The Balaban J connectivity index is 1.63. The summed E-state index contributed by atoms with van der Waals surface area (Å²) in [6.07, 6.45) is 9.85. The van der Waals surface area contributed by atoms with Gasteiger partial charge in [0.05, 0.1) is 0 Å². The van der Waals surface area contributed by atoms with Crippen LogP contribution >= 0.6 is 0 Å². The van der Waals surface area contributed by atoms with E-state index in [9.17, 15) is 4.79 Å². The highest BCUT2D eigenvalue weighted by Gasteiger charge is 2.36. The van der Waals surface area contributed by atoms with E-state index in [1.807, 2.05) is 12.1 Å².